The number of nitrogens with one attached hydrogen (secondary N) is 3. The Morgan fingerprint density at radius 2 is 1.55 bits per heavy atom. The molecule has 0 unspecified atom stereocenters. The number of carbonyl (C=O) groups excluding carboxylic acids is 2. The highest BCUT2D eigenvalue weighted by molar-refractivity contribution is 5.85. The Morgan fingerprint density at radius 3 is 2.11 bits per heavy atom. The maximum Gasteiger partial charge on any atom is 0.490 e. The highest BCUT2D eigenvalue weighted by atomic mass is 19.4. The molecule has 4 aromatic rings. The van der Waals surface area contributed by atoms with Crippen LogP contribution in [0.5, 0.6) is 0 Å². The third kappa shape index (κ3) is 10.4. The van der Waals surface area contributed by atoms with Crippen molar-refractivity contribution in [2.24, 2.45) is 0 Å². The molecule has 0 spiro atoms. The second-order valence-electron chi connectivity index (χ2n) is 14.6. The van der Waals surface area contributed by atoms with Crippen molar-refractivity contribution in [2.75, 3.05) is 29.9 Å². The molecule has 2 fully saturated rings. The number of aromatic nitrogens is 4. The standard InChI is InChI=1S/C36H46N8O5.C2HF3O2/c1-5-28(45)40-26-18-27(31(47)30(26)46)44-21-38-29-32(37-19-25(22-12-8-6-9-13-22)23-14-10-7-11-15-23)41-34(42-33(29)44)43-17-16-24(20-43)39-35(48)49-36(2,3)4;3-2(4,5)1(6)7/h6-15,21,24-27,30-31,46-47H,5,16-20H2,1-4H3,(H,39,48)(H,40,45)(H,37,41,42);(H,6,7)/t24-,26+,27-,30-,31+;/m1./s1. The molecule has 0 radical (unpaired) electrons. The Hall–Kier alpha value is -5.49. The molecule has 6 N–H and O–H groups in total. The predicted octanol–water partition coefficient (Wildman–Crippen LogP) is 4.37. The minimum absolute atomic E-state index is 0.0156. The number of ether oxygens (including phenoxy) is 1. The number of benzene rings is 2. The highest BCUT2D eigenvalue weighted by Crippen LogP contribution is 2.35. The number of aliphatic hydroxyl groups is 2. The molecule has 2 aromatic carbocycles. The number of halogens is 3. The van der Waals surface area contributed by atoms with E-state index in [1.807, 2.05) is 62.1 Å². The molecule has 302 valence electrons. The van der Waals surface area contributed by atoms with Crippen LogP contribution in [-0.4, -0.2) is 109 Å². The highest BCUT2D eigenvalue weighted by Gasteiger charge is 2.44. The van der Waals surface area contributed by atoms with Crippen molar-refractivity contribution >= 4 is 40.9 Å². The smallest absolute Gasteiger partial charge is 0.475 e. The summed E-state index contributed by atoms with van der Waals surface area (Å²) in [7, 11) is 0. The zero-order chi connectivity index (χ0) is 40.8. The molecule has 1 saturated heterocycles. The fraction of sp³-hybridized carbons (Fsp3) is 0.474. The van der Waals surface area contributed by atoms with Crippen molar-refractivity contribution in [1.82, 2.24) is 30.2 Å². The number of hydrogen-bond acceptors (Lipinski definition) is 11. The Labute approximate surface area is 321 Å². The lowest BCUT2D eigenvalue weighted by Crippen LogP contribution is -2.42. The first-order valence-electron chi connectivity index (χ1n) is 18.2. The van der Waals surface area contributed by atoms with E-state index in [0.29, 0.717) is 55.4 Å². The molecule has 6 rings (SSSR count). The molecule has 18 heteroatoms. The first kappa shape index (κ1) is 41.7. The summed E-state index contributed by atoms with van der Waals surface area (Å²) < 4.78 is 39.0. The molecule has 0 bridgehead atoms. The van der Waals surface area contributed by atoms with Gasteiger partial charge < -0.3 is 45.5 Å². The van der Waals surface area contributed by atoms with E-state index in [2.05, 4.69) is 40.2 Å². The van der Waals surface area contributed by atoms with Gasteiger partial charge in [-0.1, -0.05) is 67.6 Å². The van der Waals surface area contributed by atoms with Gasteiger partial charge in [0.25, 0.3) is 0 Å². The van der Waals surface area contributed by atoms with Gasteiger partial charge in [0.1, 0.15) is 17.8 Å². The molecule has 56 heavy (non-hydrogen) atoms. The topological polar surface area (TPSA) is 204 Å². The van der Waals surface area contributed by atoms with E-state index in [4.69, 9.17) is 29.6 Å². The lowest BCUT2D eigenvalue weighted by molar-refractivity contribution is -0.192. The number of aliphatic carboxylic acids is 1. The first-order chi connectivity index (χ1) is 26.4. The van der Waals surface area contributed by atoms with Crippen molar-refractivity contribution in [2.45, 2.75) is 95.0 Å². The van der Waals surface area contributed by atoms with E-state index < -0.39 is 48.1 Å². The summed E-state index contributed by atoms with van der Waals surface area (Å²) >= 11 is 0. The number of amides is 2. The van der Waals surface area contributed by atoms with E-state index in [9.17, 15) is 33.0 Å². The molecule has 2 amide bonds. The molecular weight excluding hydrogens is 737 g/mol. The van der Waals surface area contributed by atoms with Crippen LogP contribution in [0.25, 0.3) is 11.2 Å². The summed E-state index contributed by atoms with van der Waals surface area (Å²) in [5.41, 5.74) is 2.70. The third-order valence-corrected chi connectivity index (χ3v) is 9.40. The Kier molecular flexibility index (Phi) is 13.0. The zero-order valence-electron chi connectivity index (χ0n) is 31.4. The van der Waals surface area contributed by atoms with Crippen molar-refractivity contribution in [3.8, 4) is 0 Å². The quantitative estimate of drug-likeness (QED) is 0.133. The fourth-order valence-electron chi connectivity index (χ4n) is 6.68. The van der Waals surface area contributed by atoms with Gasteiger partial charge in [-0.2, -0.15) is 23.1 Å². The normalized spacial score (nSPS) is 21.0. The number of carbonyl (C=O) groups is 3. The molecule has 1 aliphatic carbocycles. The number of alkyl halides is 3. The van der Waals surface area contributed by atoms with Gasteiger partial charge in [0.15, 0.2) is 17.0 Å². The first-order valence-corrected chi connectivity index (χ1v) is 18.2. The molecule has 15 nitrogen and oxygen atoms in total. The van der Waals surface area contributed by atoms with Gasteiger partial charge in [0.05, 0.1) is 24.5 Å². The van der Waals surface area contributed by atoms with Crippen molar-refractivity contribution in [1.29, 1.82) is 0 Å². The van der Waals surface area contributed by atoms with E-state index in [1.165, 1.54) is 0 Å². The van der Waals surface area contributed by atoms with Crippen LogP contribution < -0.4 is 20.9 Å². The van der Waals surface area contributed by atoms with Gasteiger partial charge in [0.2, 0.25) is 11.9 Å². The van der Waals surface area contributed by atoms with Crippen LogP contribution in [0.15, 0.2) is 67.0 Å². The lowest BCUT2D eigenvalue weighted by Gasteiger charge is -2.23. The molecule has 2 aromatic heterocycles. The third-order valence-electron chi connectivity index (χ3n) is 9.40. The number of anilines is 2. The van der Waals surface area contributed by atoms with Gasteiger partial charge in [-0.15, -0.1) is 0 Å². The molecule has 2 aliphatic rings. The Morgan fingerprint density at radius 1 is 0.946 bits per heavy atom. The SMILES string of the molecule is CCC(=O)N[C@H]1C[C@@H](n2cnc3c(NCC(c4ccccc4)c4ccccc4)nc(N4CC[C@@H](NC(=O)OC(C)(C)C)C4)nc32)[C@H](O)[C@@H]1O.O=C(O)C(F)(F)F. The average Bonchev–Trinajstić information content (AvgIpc) is 3.86. The van der Waals surface area contributed by atoms with Crippen LogP contribution in [0.1, 0.15) is 70.0 Å². The molecule has 1 aliphatic heterocycles. The van der Waals surface area contributed by atoms with Crippen LogP contribution in [0.4, 0.5) is 29.7 Å². The summed E-state index contributed by atoms with van der Waals surface area (Å²) in [5, 5.41) is 38.5. The second kappa shape index (κ2) is 17.5. The molecule has 3 heterocycles. The van der Waals surface area contributed by atoms with Gasteiger partial charge >= 0.3 is 18.2 Å². The molecule has 5 atom stereocenters. The summed E-state index contributed by atoms with van der Waals surface area (Å²) in [4.78, 5) is 50.2. The number of hydrogen-bond donors (Lipinski definition) is 6. The summed E-state index contributed by atoms with van der Waals surface area (Å²) in [6.07, 6.45) is -4.98. The maximum atomic E-state index is 12.5. The number of imidazole rings is 1. The van der Waals surface area contributed by atoms with Crippen LogP contribution in [0.3, 0.4) is 0 Å². The van der Waals surface area contributed by atoms with E-state index in [0.717, 1.165) is 11.1 Å². The fourth-order valence-corrected chi connectivity index (χ4v) is 6.68. The predicted molar refractivity (Wildman–Crippen MR) is 200 cm³/mol. The average molecular weight is 785 g/mol. The summed E-state index contributed by atoms with van der Waals surface area (Å²) in [6.45, 7) is 8.83. The Bertz CT molecular complexity index is 1920. The van der Waals surface area contributed by atoms with E-state index in [1.54, 1.807) is 17.8 Å². The van der Waals surface area contributed by atoms with Crippen LogP contribution >= 0.6 is 0 Å². The van der Waals surface area contributed by atoms with Crippen molar-refractivity contribution in [3.63, 3.8) is 0 Å². The van der Waals surface area contributed by atoms with Gasteiger partial charge in [0, 0.05) is 32.0 Å². The van der Waals surface area contributed by atoms with E-state index in [-0.39, 0.29) is 24.3 Å². The minimum atomic E-state index is -5.08. The molecular formula is C38H47F3N8O7. The summed E-state index contributed by atoms with van der Waals surface area (Å²) in [5.74, 6) is -1.96. The van der Waals surface area contributed by atoms with E-state index >= 15 is 0 Å². The largest absolute Gasteiger partial charge is 0.490 e. The molecule has 1 saturated carbocycles. The summed E-state index contributed by atoms with van der Waals surface area (Å²) in [6, 6.07) is 19.2. The van der Waals surface area contributed by atoms with Crippen LogP contribution in [-0.2, 0) is 14.3 Å². The number of carboxylic acid groups (broad SMARTS) is 1. The minimum Gasteiger partial charge on any atom is -0.475 e. The number of fused-ring (bicyclic) bond motifs is 1. The Balaban J connectivity index is 0.000000784. The van der Waals surface area contributed by atoms with Gasteiger partial charge in [-0.05, 0) is 44.7 Å². The number of rotatable bonds is 10. The van der Waals surface area contributed by atoms with Crippen LogP contribution in [0, 0.1) is 0 Å². The monoisotopic (exact) mass is 784 g/mol. The number of nitrogens with zero attached hydrogens (tertiary/aromatic N) is 5. The van der Waals surface area contributed by atoms with Crippen molar-refractivity contribution in [3.05, 3.63) is 78.1 Å². The number of alkyl carbamates (subject to hydrolysis) is 1. The zero-order valence-corrected chi connectivity index (χ0v) is 31.4. The second-order valence-corrected chi connectivity index (χ2v) is 14.6. The van der Waals surface area contributed by atoms with Crippen molar-refractivity contribution < 1.29 is 47.6 Å². The number of aliphatic hydroxyl groups excluding tert-OH is 2. The lowest BCUT2D eigenvalue weighted by atomic mass is 9.91. The van der Waals surface area contributed by atoms with Gasteiger partial charge in [-0.25, -0.2) is 14.6 Å². The van der Waals surface area contributed by atoms with Crippen LogP contribution in [0.2, 0.25) is 0 Å². The van der Waals surface area contributed by atoms with Gasteiger partial charge in [-0.3, -0.25) is 4.79 Å². The maximum absolute atomic E-state index is 12.5. The number of carboxylic acids is 1.